The Labute approximate surface area is 125 Å². The maximum atomic E-state index is 12.8. The van der Waals surface area contributed by atoms with Gasteiger partial charge in [-0.2, -0.15) is 0 Å². The highest BCUT2D eigenvalue weighted by atomic mass is 16.5. The van der Waals surface area contributed by atoms with Gasteiger partial charge in [0.05, 0.1) is 12.2 Å². The van der Waals surface area contributed by atoms with Crippen molar-refractivity contribution in [2.75, 3.05) is 38.5 Å². The van der Waals surface area contributed by atoms with Crippen LogP contribution in [0.2, 0.25) is 0 Å². The van der Waals surface area contributed by atoms with E-state index in [9.17, 15) is 4.79 Å². The second-order valence-corrected chi connectivity index (χ2v) is 5.98. The Hall–Kier alpha value is -1.75. The highest BCUT2D eigenvalue weighted by Crippen LogP contribution is 2.29. The summed E-state index contributed by atoms with van der Waals surface area (Å²) in [6.45, 7) is 5.42. The van der Waals surface area contributed by atoms with Gasteiger partial charge in [-0.1, -0.05) is 12.1 Å². The monoisotopic (exact) mass is 289 g/mol. The lowest BCUT2D eigenvalue weighted by atomic mass is 10.1. The van der Waals surface area contributed by atoms with Crippen molar-refractivity contribution >= 4 is 11.6 Å². The number of para-hydroxylation sites is 2. The Morgan fingerprint density at radius 3 is 3.00 bits per heavy atom. The molecular weight excluding hydrogens is 266 g/mol. The maximum absolute atomic E-state index is 12.8. The van der Waals surface area contributed by atoms with Crippen molar-refractivity contribution in [2.45, 2.75) is 25.5 Å². The third-order valence-corrected chi connectivity index (χ3v) is 4.24. The zero-order valence-corrected chi connectivity index (χ0v) is 12.7. The Balaban J connectivity index is 1.71. The van der Waals surface area contributed by atoms with E-state index in [0.717, 1.165) is 37.5 Å². The normalized spacial score (nSPS) is 26.3. The van der Waals surface area contributed by atoms with Gasteiger partial charge in [0.2, 0.25) is 0 Å². The first-order chi connectivity index (χ1) is 10.1. The molecule has 2 aliphatic heterocycles. The predicted octanol–water partition coefficient (Wildman–Crippen LogP) is 1.41. The summed E-state index contributed by atoms with van der Waals surface area (Å²) in [4.78, 5) is 17.0. The van der Waals surface area contributed by atoms with Crippen LogP contribution in [0.5, 0.6) is 5.75 Å². The lowest BCUT2D eigenvalue weighted by Gasteiger charge is -2.34. The number of carbonyl (C=O) groups is 1. The quantitative estimate of drug-likeness (QED) is 0.849. The molecule has 5 nitrogen and oxygen atoms in total. The number of fused-ring (bicyclic) bond motifs is 1. The van der Waals surface area contributed by atoms with Crippen LogP contribution in [0.3, 0.4) is 0 Å². The van der Waals surface area contributed by atoms with Crippen LogP contribution >= 0.6 is 0 Å². The summed E-state index contributed by atoms with van der Waals surface area (Å²) in [6.07, 6.45) is 0.592. The first-order valence-electron chi connectivity index (χ1n) is 7.64. The SMILES string of the molecule is CC1CN(C)CCCN1C(=O)C1CNc2ccccc2O1. The van der Waals surface area contributed by atoms with E-state index >= 15 is 0 Å². The van der Waals surface area contributed by atoms with Crippen LogP contribution < -0.4 is 10.1 Å². The standard InChI is InChI=1S/C16H23N3O2/c1-12-11-18(2)8-5-9-19(12)16(20)15-10-17-13-6-3-4-7-14(13)21-15/h3-4,6-7,12,15,17H,5,8-11H2,1-2H3. The lowest BCUT2D eigenvalue weighted by molar-refractivity contribution is -0.140. The molecule has 2 unspecified atom stereocenters. The average molecular weight is 289 g/mol. The summed E-state index contributed by atoms with van der Waals surface area (Å²) in [7, 11) is 2.11. The van der Waals surface area contributed by atoms with Gasteiger partial charge in [-0.05, 0) is 39.1 Å². The molecule has 3 rings (SSSR count). The van der Waals surface area contributed by atoms with Gasteiger partial charge in [0, 0.05) is 19.1 Å². The first-order valence-corrected chi connectivity index (χ1v) is 7.64. The number of benzene rings is 1. The van der Waals surface area contributed by atoms with Crippen molar-refractivity contribution in [2.24, 2.45) is 0 Å². The van der Waals surface area contributed by atoms with Gasteiger partial charge < -0.3 is 19.9 Å². The van der Waals surface area contributed by atoms with Gasteiger partial charge >= 0.3 is 0 Å². The highest BCUT2D eigenvalue weighted by molar-refractivity contribution is 5.83. The highest BCUT2D eigenvalue weighted by Gasteiger charge is 2.33. The van der Waals surface area contributed by atoms with E-state index in [-0.39, 0.29) is 11.9 Å². The molecule has 2 heterocycles. The van der Waals surface area contributed by atoms with Gasteiger partial charge in [-0.25, -0.2) is 0 Å². The number of rotatable bonds is 1. The molecule has 1 N–H and O–H groups in total. The fourth-order valence-corrected chi connectivity index (χ4v) is 3.14. The smallest absolute Gasteiger partial charge is 0.265 e. The number of hydrogen-bond acceptors (Lipinski definition) is 4. The van der Waals surface area contributed by atoms with Crippen LogP contribution in [0.4, 0.5) is 5.69 Å². The second-order valence-electron chi connectivity index (χ2n) is 5.98. The third kappa shape index (κ3) is 2.97. The minimum Gasteiger partial charge on any atom is -0.477 e. The number of hydrogen-bond donors (Lipinski definition) is 1. The molecule has 0 aromatic heterocycles. The summed E-state index contributed by atoms with van der Waals surface area (Å²) >= 11 is 0. The van der Waals surface area contributed by atoms with Crippen molar-refractivity contribution in [3.05, 3.63) is 24.3 Å². The molecule has 2 aliphatic rings. The number of amides is 1. The Morgan fingerprint density at radius 1 is 1.33 bits per heavy atom. The van der Waals surface area contributed by atoms with Gasteiger partial charge in [0.15, 0.2) is 6.10 Å². The Bertz CT molecular complexity index is 520. The maximum Gasteiger partial charge on any atom is 0.265 e. The van der Waals surface area contributed by atoms with E-state index in [4.69, 9.17) is 4.74 Å². The summed E-state index contributed by atoms with van der Waals surface area (Å²) in [6, 6.07) is 7.99. The summed E-state index contributed by atoms with van der Waals surface area (Å²) in [5.74, 6) is 0.862. The number of anilines is 1. The zero-order valence-electron chi connectivity index (χ0n) is 12.7. The fraction of sp³-hybridized carbons (Fsp3) is 0.562. The van der Waals surface area contributed by atoms with E-state index in [0.29, 0.717) is 6.54 Å². The molecular formula is C16H23N3O2. The molecule has 0 radical (unpaired) electrons. The minimum absolute atomic E-state index is 0.0970. The molecule has 1 aromatic carbocycles. The molecule has 2 atom stereocenters. The minimum atomic E-state index is -0.425. The zero-order chi connectivity index (χ0) is 14.8. The van der Waals surface area contributed by atoms with Gasteiger partial charge in [-0.3, -0.25) is 4.79 Å². The molecule has 0 bridgehead atoms. The van der Waals surface area contributed by atoms with Crippen molar-refractivity contribution in [3.63, 3.8) is 0 Å². The van der Waals surface area contributed by atoms with Crippen molar-refractivity contribution in [1.82, 2.24) is 9.80 Å². The lowest BCUT2D eigenvalue weighted by Crippen LogP contribution is -2.51. The number of likely N-dealkylation sites (N-methyl/N-ethyl adjacent to an activating group) is 1. The molecule has 0 saturated carbocycles. The number of nitrogens with one attached hydrogen (secondary N) is 1. The van der Waals surface area contributed by atoms with Crippen molar-refractivity contribution in [3.8, 4) is 5.75 Å². The second kappa shape index (κ2) is 5.93. The van der Waals surface area contributed by atoms with Crippen LogP contribution in [0.15, 0.2) is 24.3 Å². The molecule has 1 amide bonds. The molecule has 1 saturated heterocycles. The Kier molecular flexibility index (Phi) is 4.01. The van der Waals surface area contributed by atoms with Crippen LogP contribution in [0.1, 0.15) is 13.3 Å². The van der Waals surface area contributed by atoms with Gasteiger partial charge in [0.25, 0.3) is 5.91 Å². The van der Waals surface area contributed by atoms with E-state index in [1.807, 2.05) is 29.2 Å². The molecule has 0 spiro atoms. The summed E-state index contributed by atoms with van der Waals surface area (Å²) in [5.41, 5.74) is 0.963. The Morgan fingerprint density at radius 2 is 2.14 bits per heavy atom. The predicted molar refractivity (Wildman–Crippen MR) is 82.6 cm³/mol. The number of carbonyl (C=O) groups excluding carboxylic acids is 1. The van der Waals surface area contributed by atoms with Crippen LogP contribution in [-0.2, 0) is 4.79 Å². The van der Waals surface area contributed by atoms with Crippen molar-refractivity contribution in [1.29, 1.82) is 0 Å². The molecule has 114 valence electrons. The number of nitrogens with zero attached hydrogens (tertiary/aromatic N) is 2. The summed E-state index contributed by atoms with van der Waals surface area (Å²) < 4.78 is 5.90. The molecule has 5 heteroatoms. The van der Waals surface area contributed by atoms with Crippen LogP contribution in [-0.4, -0.2) is 61.1 Å². The topological polar surface area (TPSA) is 44.8 Å². The van der Waals surface area contributed by atoms with Crippen LogP contribution in [0, 0.1) is 0 Å². The fourth-order valence-electron chi connectivity index (χ4n) is 3.14. The van der Waals surface area contributed by atoms with E-state index < -0.39 is 6.10 Å². The molecule has 1 fully saturated rings. The molecule has 0 aliphatic carbocycles. The van der Waals surface area contributed by atoms with Gasteiger partial charge in [-0.15, -0.1) is 0 Å². The number of ether oxygens (including phenoxy) is 1. The van der Waals surface area contributed by atoms with Gasteiger partial charge in [0.1, 0.15) is 5.75 Å². The van der Waals surface area contributed by atoms with Crippen molar-refractivity contribution < 1.29 is 9.53 Å². The van der Waals surface area contributed by atoms with E-state index in [1.54, 1.807) is 0 Å². The van der Waals surface area contributed by atoms with E-state index in [1.165, 1.54) is 0 Å². The van der Waals surface area contributed by atoms with E-state index in [2.05, 4.69) is 24.2 Å². The summed E-state index contributed by atoms with van der Waals surface area (Å²) in [5, 5.41) is 3.29. The van der Waals surface area contributed by atoms with Crippen LogP contribution in [0.25, 0.3) is 0 Å². The molecule has 21 heavy (non-hydrogen) atoms. The molecule has 1 aromatic rings. The largest absolute Gasteiger partial charge is 0.477 e. The first kappa shape index (κ1) is 14.2. The third-order valence-electron chi connectivity index (χ3n) is 4.24. The average Bonchev–Trinajstić information content (AvgIpc) is 2.66.